The molecule has 0 saturated carbocycles. The van der Waals surface area contributed by atoms with Gasteiger partial charge in [0.05, 0.1) is 5.88 Å². The molecular formula is C12H23N3O3S. The van der Waals surface area contributed by atoms with Crippen LogP contribution in [0.4, 0.5) is 4.79 Å². The summed E-state index contributed by atoms with van der Waals surface area (Å²) in [5.74, 6) is 0.261. The lowest BCUT2D eigenvalue weighted by molar-refractivity contribution is -0.140. The molecule has 110 valence electrons. The Bertz CT molecular complexity index is 336. The molecular weight excluding hydrogens is 266 g/mol. The summed E-state index contributed by atoms with van der Waals surface area (Å²) in [5.41, 5.74) is 0. The highest BCUT2D eigenvalue weighted by molar-refractivity contribution is 7.99. The van der Waals surface area contributed by atoms with Crippen LogP contribution in [0.2, 0.25) is 0 Å². The first-order valence-corrected chi connectivity index (χ1v) is 7.50. The van der Waals surface area contributed by atoms with Crippen molar-refractivity contribution in [3.63, 3.8) is 0 Å². The number of carbonyl (C=O) groups is 2. The molecule has 0 radical (unpaired) electrons. The number of hydrogen-bond acceptors (Lipinski definition) is 4. The Hall–Kier alpha value is -0.950. The number of urea groups is 1. The fraction of sp³-hybridized carbons (Fsp3) is 0.833. The minimum atomic E-state index is -0.936. The number of likely N-dealkylation sites (N-methyl/N-ethyl adjacent to an activating group) is 1. The third kappa shape index (κ3) is 4.58. The number of amides is 2. The van der Waals surface area contributed by atoms with Gasteiger partial charge in [-0.25, -0.2) is 9.59 Å². The zero-order chi connectivity index (χ0) is 14.6. The Morgan fingerprint density at radius 3 is 2.58 bits per heavy atom. The average Bonchev–Trinajstić information content (AvgIpc) is 2.76. The molecule has 0 aromatic carbocycles. The maximum absolute atomic E-state index is 12.2. The van der Waals surface area contributed by atoms with Crippen molar-refractivity contribution in [1.82, 2.24) is 15.1 Å². The van der Waals surface area contributed by atoms with Gasteiger partial charge in [0.15, 0.2) is 0 Å². The molecule has 1 heterocycles. The molecule has 7 heteroatoms. The van der Waals surface area contributed by atoms with Gasteiger partial charge in [0.1, 0.15) is 6.04 Å². The fourth-order valence-corrected chi connectivity index (χ4v) is 3.05. The van der Waals surface area contributed by atoms with E-state index in [4.69, 9.17) is 5.11 Å². The molecule has 2 atom stereocenters. The molecule has 2 N–H and O–H groups in total. The second-order valence-electron chi connectivity index (χ2n) is 5.39. The van der Waals surface area contributed by atoms with E-state index in [9.17, 15) is 9.59 Å². The molecule has 6 nitrogen and oxygen atoms in total. The van der Waals surface area contributed by atoms with Gasteiger partial charge in [-0.15, -0.1) is 11.8 Å². The van der Waals surface area contributed by atoms with Crippen molar-refractivity contribution in [2.75, 3.05) is 32.3 Å². The van der Waals surface area contributed by atoms with E-state index in [-0.39, 0.29) is 12.1 Å². The Balaban J connectivity index is 2.63. The van der Waals surface area contributed by atoms with Gasteiger partial charge in [0, 0.05) is 18.3 Å². The quantitative estimate of drug-likeness (QED) is 0.781. The maximum Gasteiger partial charge on any atom is 0.327 e. The first kappa shape index (κ1) is 16.1. The summed E-state index contributed by atoms with van der Waals surface area (Å²) in [6, 6.07) is -0.974. The second kappa shape index (κ2) is 7.00. The molecule has 1 rings (SSSR count). The Morgan fingerprint density at radius 1 is 1.47 bits per heavy atom. The number of hydrogen-bond donors (Lipinski definition) is 2. The first-order chi connectivity index (χ1) is 8.82. The van der Waals surface area contributed by atoms with Gasteiger partial charge in [-0.2, -0.15) is 0 Å². The van der Waals surface area contributed by atoms with Crippen LogP contribution in [0.3, 0.4) is 0 Å². The number of nitrogens with zero attached hydrogens (tertiary/aromatic N) is 2. The van der Waals surface area contributed by atoms with Crippen LogP contribution in [0.15, 0.2) is 0 Å². The number of carbonyl (C=O) groups excluding carboxylic acids is 1. The normalized spacial score (nSPS) is 20.9. The number of carboxylic acid groups (broad SMARTS) is 1. The standard InChI is InChI=1S/C12H23N3O3S/c1-8(2)9(5-14(3)4)13-12(18)15-7-19-6-10(15)11(16)17/h8-10H,5-7H2,1-4H3,(H,13,18)(H,16,17). The number of aliphatic carboxylic acids is 1. The summed E-state index contributed by atoms with van der Waals surface area (Å²) < 4.78 is 0. The SMILES string of the molecule is CC(C)C(CN(C)C)NC(=O)N1CSCC1C(=O)O. The third-order valence-corrected chi connectivity index (χ3v) is 4.12. The van der Waals surface area contributed by atoms with Crippen molar-refractivity contribution >= 4 is 23.8 Å². The summed E-state index contributed by atoms with van der Waals surface area (Å²) >= 11 is 1.47. The van der Waals surface area contributed by atoms with Crippen LogP contribution in [-0.2, 0) is 4.79 Å². The van der Waals surface area contributed by atoms with E-state index in [1.807, 2.05) is 32.8 Å². The summed E-state index contributed by atoms with van der Waals surface area (Å²) in [6.45, 7) is 4.83. The van der Waals surface area contributed by atoms with Gasteiger partial charge < -0.3 is 20.2 Å². The zero-order valence-corrected chi connectivity index (χ0v) is 12.7. The van der Waals surface area contributed by atoms with E-state index < -0.39 is 12.0 Å². The smallest absolute Gasteiger partial charge is 0.327 e. The highest BCUT2D eigenvalue weighted by Crippen LogP contribution is 2.21. The molecule has 1 aliphatic rings. The van der Waals surface area contributed by atoms with Crippen molar-refractivity contribution in [3.8, 4) is 0 Å². The van der Waals surface area contributed by atoms with Gasteiger partial charge >= 0.3 is 12.0 Å². The first-order valence-electron chi connectivity index (χ1n) is 6.35. The molecule has 0 aromatic rings. The van der Waals surface area contributed by atoms with Crippen molar-refractivity contribution < 1.29 is 14.7 Å². The summed E-state index contributed by atoms with van der Waals surface area (Å²) in [6.07, 6.45) is 0. The van der Waals surface area contributed by atoms with Crippen molar-refractivity contribution in [2.45, 2.75) is 25.9 Å². The van der Waals surface area contributed by atoms with E-state index in [0.29, 0.717) is 17.5 Å². The van der Waals surface area contributed by atoms with E-state index in [0.717, 1.165) is 6.54 Å². The lowest BCUT2D eigenvalue weighted by Crippen LogP contribution is -2.53. The molecule has 1 fully saturated rings. The maximum atomic E-state index is 12.2. The summed E-state index contributed by atoms with van der Waals surface area (Å²) in [5, 5.41) is 12.0. The number of rotatable bonds is 5. The van der Waals surface area contributed by atoms with Crippen LogP contribution < -0.4 is 5.32 Å². The number of carboxylic acids is 1. The highest BCUT2D eigenvalue weighted by Gasteiger charge is 2.35. The van der Waals surface area contributed by atoms with Crippen molar-refractivity contribution in [3.05, 3.63) is 0 Å². The third-order valence-electron chi connectivity index (χ3n) is 3.10. The lowest BCUT2D eigenvalue weighted by Gasteiger charge is -2.29. The Kier molecular flexibility index (Phi) is 5.93. The van der Waals surface area contributed by atoms with Crippen LogP contribution >= 0.6 is 11.8 Å². The largest absolute Gasteiger partial charge is 0.480 e. The molecule has 1 saturated heterocycles. The van der Waals surface area contributed by atoms with E-state index in [1.54, 1.807) is 0 Å². The number of thioether (sulfide) groups is 1. The van der Waals surface area contributed by atoms with Gasteiger partial charge in [-0.05, 0) is 20.0 Å². The van der Waals surface area contributed by atoms with Crippen LogP contribution in [0.5, 0.6) is 0 Å². The van der Waals surface area contributed by atoms with Crippen LogP contribution in [0, 0.1) is 5.92 Å². The monoisotopic (exact) mass is 289 g/mol. The van der Waals surface area contributed by atoms with E-state index >= 15 is 0 Å². The predicted octanol–water partition coefficient (Wildman–Crippen LogP) is 0.742. The van der Waals surface area contributed by atoms with Crippen LogP contribution in [0.25, 0.3) is 0 Å². The summed E-state index contributed by atoms with van der Waals surface area (Å²) in [4.78, 5) is 26.7. The van der Waals surface area contributed by atoms with E-state index in [1.165, 1.54) is 16.7 Å². The topological polar surface area (TPSA) is 72.9 Å². The molecule has 19 heavy (non-hydrogen) atoms. The zero-order valence-electron chi connectivity index (χ0n) is 11.9. The minimum Gasteiger partial charge on any atom is -0.480 e. The van der Waals surface area contributed by atoms with Gasteiger partial charge in [0.2, 0.25) is 0 Å². The Labute approximate surface area is 118 Å². The van der Waals surface area contributed by atoms with Gasteiger partial charge in [-0.1, -0.05) is 13.8 Å². The molecule has 0 aromatic heterocycles. The molecule has 1 aliphatic heterocycles. The van der Waals surface area contributed by atoms with Crippen molar-refractivity contribution in [2.24, 2.45) is 5.92 Å². The molecule has 2 unspecified atom stereocenters. The molecule has 0 spiro atoms. The lowest BCUT2D eigenvalue weighted by atomic mass is 10.0. The molecule has 0 bridgehead atoms. The van der Waals surface area contributed by atoms with E-state index in [2.05, 4.69) is 5.32 Å². The van der Waals surface area contributed by atoms with Crippen molar-refractivity contribution in [1.29, 1.82) is 0 Å². The summed E-state index contributed by atoms with van der Waals surface area (Å²) in [7, 11) is 3.90. The molecule has 2 amide bonds. The fourth-order valence-electron chi connectivity index (χ4n) is 1.91. The Morgan fingerprint density at radius 2 is 2.11 bits per heavy atom. The second-order valence-corrected chi connectivity index (χ2v) is 6.39. The highest BCUT2D eigenvalue weighted by atomic mass is 32.2. The number of nitrogens with one attached hydrogen (secondary N) is 1. The predicted molar refractivity (Wildman–Crippen MR) is 76.3 cm³/mol. The van der Waals surface area contributed by atoms with Gasteiger partial charge in [0.25, 0.3) is 0 Å². The minimum absolute atomic E-state index is 0.0162. The molecule has 0 aliphatic carbocycles. The van der Waals surface area contributed by atoms with Gasteiger partial charge in [-0.3, -0.25) is 0 Å². The van der Waals surface area contributed by atoms with Crippen LogP contribution in [-0.4, -0.2) is 71.3 Å². The van der Waals surface area contributed by atoms with Crippen LogP contribution in [0.1, 0.15) is 13.8 Å². The average molecular weight is 289 g/mol.